The van der Waals surface area contributed by atoms with E-state index in [2.05, 4.69) is 33.3 Å². The number of likely N-dealkylation sites (N-methyl/N-ethyl adjacent to an activating group) is 1. The molecule has 1 unspecified atom stereocenters. The lowest BCUT2D eigenvalue weighted by molar-refractivity contribution is 0.214. The van der Waals surface area contributed by atoms with Crippen LogP contribution in [0.4, 0.5) is 5.69 Å². The van der Waals surface area contributed by atoms with E-state index in [4.69, 9.17) is 4.74 Å². The highest BCUT2D eigenvalue weighted by molar-refractivity contribution is 5.49. The summed E-state index contributed by atoms with van der Waals surface area (Å²) in [5, 5.41) is 12.3. The van der Waals surface area contributed by atoms with Crippen LogP contribution in [-0.4, -0.2) is 57.3 Å². The van der Waals surface area contributed by atoms with Crippen LogP contribution in [-0.2, 0) is 0 Å². The first-order valence-electron chi connectivity index (χ1n) is 7.32. The van der Waals surface area contributed by atoms with E-state index in [1.54, 1.807) is 7.11 Å². The maximum Gasteiger partial charge on any atom is 0.119 e. The zero-order valence-corrected chi connectivity index (χ0v) is 13.1. The number of benzene rings is 1. The van der Waals surface area contributed by atoms with E-state index in [1.165, 1.54) is 5.69 Å². The van der Waals surface area contributed by atoms with Crippen molar-refractivity contribution in [1.82, 2.24) is 10.2 Å². The van der Waals surface area contributed by atoms with Gasteiger partial charge in [0.05, 0.1) is 13.2 Å². The molecule has 5 heteroatoms. The van der Waals surface area contributed by atoms with Gasteiger partial charge in [-0.25, -0.2) is 0 Å². The van der Waals surface area contributed by atoms with Gasteiger partial charge in [0.25, 0.3) is 0 Å². The van der Waals surface area contributed by atoms with E-state index in [1.807, 2.05) is 26.1 Å². The SMILES string of the molecule is CNC(C)(C#N)CN1CCN(c2ccc(OC)cc2)CC1. The van der Waals surface area contributed by atoms with E-state index in [0.29, 0.717) is 0 Å². The number of ether oxygens (including phenoxy) is 1. The van der Waals surface area contributed by atoms with Gasteiger partial charge in [0.2, 0.25) is 0 Å². The van der Waals surface area contributed by atoms with Gasteiger partial charge in [0.15, 0.2) is 0 Å². The average Bonchev–Trinajstić information content (AvgIpc) is 2.55. The highest BCUT2D eigenvalue weighted by atomic mass is 16.5. The number of nitrogens with one attached hydrogen (secondary N) is 1. The number of rotatable bonds is 5. The van der Waals surface area contributed by atoms with Gasteiger partial charge in [0.1, 0.15) is 11.3 Å². The number of nitrogens with zero attached hydrogens (tertiary/aromatic N) is 3. The molecule has 0 amide bonds. The Hall–Kier alpha value is -1.77. The van der Waals surface area contributed by atoms with Crippen molar-refractivity contribution in [1.29, 1.82) is 5.26 Å². The summed E-state index contributed by atoms with van der Waals surface area (Å²) in [7, 11) is 3.53. The summed E-state index contributed by atoms with van der Waals surface area (Å²) in [6, 6.07) is 10.5. The molecule has 0 saturated carbocycles. The van der Waals surface area contributed by atoms with Crippen LogP contribution in [0.25, 0.3) is 0 Å². The lowest BCUT2D eigenvalue weighted by atomic mass is 10.0. The number of anilines is 1. The van der Waals surface area contributed by atoms with Crippen molar-refractivity contribution in [2.45, 2.75) is 12.5 Å². The van der Waals surface area contributed by atoms with E-state index >= 15 is 0 Å². The Labute approximate surface area is 127 Å². The Morgan fingerprint density at radius 3 is 2.33 bits per heavy atom. The van der Waals surface area contributed by atoms with Gasteiger partial charge in [0, 0.05) is 38.4 Å². The summed E-state index contributed by atoms with van der Waals surface area (Å²) < 4.78 is 5.19. The lowest BCUT2D eigenvalue weighted by Crippen LogP contribution is -2.54. The first-order chi connectivity index (χ1) is 10.1. The van der Waals surface area contributed by atoms with Crippen molar-refractivity contribution in [2.75, 3.05) is 51.8 Å². The van der Waals surface area contributed by atoms with Crippen molar-refractivity contribution >= 4 is 5.69 Å². The maximum atomic E-state index is 9.23. The predicted molar refractivity (Wildman–Crippen MR) is 84.7 cm³/mol. The number of piperazine rings is 1. The largest absolute Gasteiger partial charge is 0.497 e. The fraction of sp³-hybridized carbons (Fsp3) is 0.562. The van der Waals surface area contributed by atoms with Crippen LogP contribution in [0.5, 0.6) is 5.75 Å². The van der Waals surface area contributed by atoms with Gasteiger partial charge in [-0.1, -0.05) is 0 Å². The summed E-state index contributed by atoms with van der Waals surface area (Å²) in [5.74, 6) is 0.885. The molecule has 1 aromatic carbocycles. The van der Waals surface area contributed by atoms with Crippen LogP contribution in [0.3, 0.4) is 0 Å². The van der Waals surface area contributed by atoms with Crippen molar-refractivity contribution in [3.8, 4) is 11.8 Å². The van der Waals surface area contributed by atoms with E-state index in [0.717, 1.165) is 38.5 Å². The summed E-state index contributed by atoms with van der Waals surface area (Å²) in [4.78, 5) is 4.72. The molecule has 5 nitrogen and oxygen atoms in total. The van der Waals surface area contributed by atoms with Crippen molar-refractivity contribution in [3.63, 3.8) is 0 Å². The Morgan fingerprint density at radius 1 is 1.24 bits per heavy atom. The minimum absolute atomic E-state index is 0.470. The van der Waals surface area contributed by atoms with Crippen LogP contribution >= 0.6 is 0 Å². The zero-order valence-electron chi connectivity index (χ0n) is 13.1. The van der Waals surface area contributed by atoms with Gasteiger partial charge >= 0.3 is 0 Å². The molecule has 1 aliphatic heterocycles. The average molecular weight is 288 g/mol. The molecule has 1 fully saturated rings. The van der Waals surface area contributed by atoms with E-state index in [9.17, 15) is 5.26 Å². The van der Waals surface area contributed by atoms with Crippen molar-refractivity contribution < 1.29 is 4.74 Å². The van der Waals surface area contributed by atoms with Crippen molar-refractivity contribution in [3.05, 3.63) is 24.3 Å². The normalized spacial score (nSPS) is 18.9. The molecule has 21 heavy (non-hydrogen) atoms. The topological polar surface area (TPSA) is 51.5 Å². The molecule has 1 aliphatic rings. The zero-order chi connectivity index (χ0) is 15.3. The third-order valence-electron chi connectivity index (χ3n) is 4.15. The molecule has 0 aliphatic carbocycles. The van der Waals surface area contributed by atoms with Gasteiger partial charge < -0.3 is 15.0 Å². The summed E-state index contributed by atoms with van der Waals surface area (Å²) in [5.41, 5.74) is 0.759. The first-order valence-corrected chi connectivity index (χ1v) is 7.32. The van der Waals surface area contributed by atoms with Crippen LogP contribution in [0.2, 0.25) is 0 Å². The minimum Gasteiger partial charge on any atom is -0.497 e. The quantitative estimate of drug-likeness (QED) is 0.885. The predicted octanol–water partition coefficient (Wildman–Crippen LogP) is 1.32. The molecule has 1 N–H and O–H groups in total. The number of hydrogen-bond donors (Lipinski definition) is 1. The molecule has 0 aromatic heterocycles. The molecule has 1 saturated heterocycles. The Morgan fingerprint density at radius 2 is 1.86 bits per heavy atom. The first kappa shape index (κ1) is 15.6. The van der Waals surface area contributed by atoms with Gasteiger partial charge in [-0.2, -0.15) is 5.26 Å². The second-order valence-corrected chi connectivity index (χ2v) is 5.66. The highest BCUT2D eigenvalue weighted by Crippen LogP contribution is 2.20. The van der Waals surface area contributed by atoms with Crippen LogP contribution in [0.15, 0.2) is 24.3 Å². The molecule has 114 valence electrons. The number of nitriles is 1. The van der Waals surface area contributed by atoms with Crippen LogP contribution in [0, 0.1) is 11.3 Å². The molecule has 0 radical (unpaired) electrons. The summed E-state index contributed by atoms with van der Waals surface area (Å²) in [6.45, 7) is 6.63. The third-order valence-corrected chi connectivity index (χ3v) is 4.15. The van der Waals surface area contributed by atoms with Gasteiger partial charge in [-0.05, 0) is 38.2 Å². The monoisotopic (exact) mass is 288 g/mol. The molecule has 2 rings (SSSR count). The molecular formula is C16H24N4O. The molecule has 0 bridgehead atoms. The number of hydrogen-bond acceptors (Lipinski definition) is 5. The second kappa shape index (κ2) is 6.79. The fourth-order valence-corrected chi connectivity index (χ4v) is 2.57. The second-order valence-electron chi connectivity index (χ2n) is 5.66. The Balaban J connectivity index is 1.89. The molecular weight excluding hydrogens is 264 g/mol. The summed E-state index contributed by atoms with van der Waals surface area (Å²) in [6.07, 6.45) is 0. The maximum absolute atomic E-state index is 9.23. The van der Waals surface area contributed by atoms with Gasteiger partial charge in [-0.15, -0.1) is 0 Å². The van der Waals surface area contributed by atoms with Crippen molar-refractivity contribution in [2.24, 2.45) is 0 Å². The van der Waals surface area contributed by atoms with Crippen LogP contribution in [0.1, 0.15) is 6.92 Å². The smallest absolute Gasteiger partial charge is 0.119 e. The molecule has 0 spiro atoms. The van der Waals surface area contributed by atoms with E-state index < -0.39 is 5.54 Å². The minimum atomic E-state index is -0.470. The highest BCUT2D eigenvalue weighted by Gasteiger charge is 2.27. The Bertz CT molecular complexity index is 488. The fourth-order valence-electron chi connectivity index (χ4n) is 2.57. The molecule has 1 heterocycles. The van der Waals surface area contributed by atoms with Gasteiger partial charge in [-0.3, -0.25) is 4.90 Å². The molecule has 1 aromatic rings. The van der Waals surface area contributed by atoms with Crippen LogP contribution < -0.4 is 15.0 Å². The molecule has 1 atom stereocenters. The summed E-state index contributed by atoms with van der Waals surface area (Å²) >= 11 is 0. The standard InChI is InChI=1S/C16H24N4O/c1-16(12-17,18-2)13-19-8-10-20(11-9-19)14-4-6-15(21-3)7-5-14/h4-7,18H,8-11,13H2,1-3H3. The Kier molecular flexibility index (Phi) is 5.05. The number of methoxy groups -OCH3 is 1. The third kappa shape index (κ3) is 3.87. The van der Waals surface area contributed by atoms with E-state index in [-0.39, 0.29) is 0 Å². The lowest BCUT2D eigenvalue weighted by Gasteiger charge is -2.38.